The lowest BCUT2D eigenvalue weighted by Crippen LogP contribution is -1.83. The van der Waals surface area contributed by atoms with Crippen LogP contribution in [0.15, 0.2) is 30.3 Å². The van der Waals surface area contributed by atoms with Gasteiger partial charge in [0.25, 0.3) is 0 Å². The Kier molecular flexibility index (Phi) is 6.40. The third kappa shape index (κ3) is 7.64. The first-order chi connectivity index (χ1) is 6.04. The summed E-state index contributed by atoms with van der Waals surface area (Å²) in [5.41, 5.74) is 1.41. The lowest BCUT2D eigenvalue weighted by Gasteiger charge is -2.01. The molecule has 0 amide bonds. The standard InChI is InChI=1S/C9H12.H2O3S/c1-8(2)9-6-4-3-5-7-9;1-4(2)3/h3-8H,1-2H3;(H2,1,2,3)/p-1. The van der Waals surface area contributed by atoms with Gasteiger partial charge in [-0.05, 0) is 11.5 Å². The zero-order chi connectivity index (χ0) is 10.3. The third-order valence-corrected chi connectivity index (χ3v) is 1.47. The molecule has 1 rings (SSSR count). The lowest BCUT2D eigenvalue weighted by molar-refractivity contribution is 0.436. The molecule has 0 aliphatic heterocycles. The van der Waals surface area contributed by atoms with Crippen molar-refractivity contribution in [3.05, 3.63) is 35.9 Å². The third-order valence-electron chi connectivity index (χ3n) is 1.47. The molecule has 1 unspecified atom stereocenters. The summed E-state index contributed by atoms with van der Waals surface area (Å²) in [7, 11) is 0. The predicted octanol–water partition coefficient (Wildman–Crippen LogP) is 2.15. The Morgan fingerprint density at radius 1 is 1.31 bits per heavy atom. The van der Waals surface area contributed by atoms with Gasteiger partial charge in [0.1, 0.15) is 0 Å². The summed E-state index contributed by atoms with van der Waals surface area (Å²) < 4.78 is 24.1. The van der Waals surface area contributed by atoms with Gasteiger partial charge >= 0.3 is 0 Å². The van der Waals surface area contributed by atoms with Gasteiger partial charge in [0.05, 0.1) is 11.4 Å². The second kappa shape index (κ2) is 6.77. The number of hydrogen-bond donors (Lipinski definition) is 1. The fourth-order valence-electron chi connectivity index (χ4n) is 0.838. The first kappa shape index (κ1) is 12.3. The first-order valence-electron chi connectivity index (χ1n) is 3.87. The van der Waals surface area contributed by atoms with E-state index in [9.17, 15) is 0 Å². The van der Waals surface area contributed by atoms with Crippen molar-refractivity contribution in [1.82, 2.24) is 0 Å². The number of hydrogen-bond acceptors (Lipinski definition) is 2. The largest absolute Gasteiger partial charge is 0.750 e. The number of benzene rings is 1. The van der Waals surface area contributed by atoms with Crippen molar-refractivity contribution >= 4 is 11.4 Å². The summed E-state index contributed by atoms with van der Waals surface area (Å²) >= 11 is -2.86. The second-order valence-corrected chi connectivity index (χ2v) is 3.22. The Hall–Kier alpha value is -0.710. The van der Waals surface area contributed by atoms with Crippen LogP contribution in [0.25, 0.3) is 0 Å². The molecule has 13 heavy (non-hydrogen) atoms. The van der Waals surface area contributed by atoms with E-state index in [1.807, 2.05) is 6.07 Å². The van der Waals surface area contributed by atoms with Crippen LogP contribution >= 0.6 is 0 Å². The summed E-state index contributed by atoms with van der Waals surface area (Å²) in [6, 6.07) is 10.5. The summed E-state index contributed by atoms with van der Waals surface area (Å²) in [5.74, 6) is 0.659. The van der Waals surface area contributed by atoms with Gasteiger partial charge in [-0.25, -0.2) is 4.21 Å². The molecule has 0 saturated heterocycles. The average molecular weight is 201 g/mol. The molecule has 3 nitrogen and oxygen atoms in total. The zero-order valence-electron chi connectivity index (χ0n) is 7.64. The molecule has 74 valence electrons. The minimum atomic E-state index is -2.86. The molecule has 0 heterocycles. The molecule has 0 saturated carbocycles. The van der Waals surface area contributed by atoms with E-state index in [1.165, 1.54) is 5.56 Å². The quantitative estimate of drug-likeness (QED) is 0.708. The van der Waals surface area contributed by atoms with Gasteiger partial charge in [-0.1, -0.05) is 44.2 Å². The normalized spacial score (nSPS) is 11.8. The highest BCUT2D eigenvalue weighted by Crippen LogP contribution is 2.11. The maximum Gasteiger partial charge on any atom is 0.0814 e. The molecule has 0 aliphatic rings. The van der Waals surface area contributed by atoms with Crippen molar-refractivity contribution in [2.24, 2.45) is 0 Å². The molecular weight excluding hydrogens is 188 g/mol. The Bertz CT molecular complexity index is 242. The van der Waals surface area contributed by atoms with Crippen molar-refractivity contribution in [3.8, 4) is 0 Å². The Balaban J connectivity index is 0.000000310. The van der Waals surface area contributed by atoms with Crippen LogP contribution in [-0.4, -0.2) is 13.3 Å². The molecule has 0 bridgehead atoms. The van der Waals surface area contributed by atoms with Crippen molar-refractivity contribution in [2.75, 3.05) is 0 Å². The van der Waals surface area contributed by atoms with E-state index < -0.39 is 11.4 Å². The molecule has 4 heteroatoms. The monoisotopic (exact) mass is 201 g/mol. The van der Waals surface area contributed by atoms with E-state index in [0.717, 1.165) is 0 Å². The minimum Gasteiger partial charge on any atom is -0.750 e. The predicted molar refractivity (Wildman–Crippen MR) is 52.1 cm³/mol. The maximum absolute atomic E-state index is 8.56. The minimum absolute atomic E-state index is 0.659. The van der Waals surface area contributed by atoms with E-state index in [-0.39, 0.29) is 0 Å². The van der Waals surface area contributed by atoms with Crippen LogP contribution in [0.5, 0.6) is 0 Å². The van der Waals surface area contributed by atoms with Gasteiger partial charge in [-0.2, -0.15) is 0 Å². The molecule has 1 aromatic rings. The van der Waals surface area contributed by atoms with E-state index in [0.29, 0.717) is 5.92 Å². The molecule has 0 spiro atoms. The summed E-state index contributed by atoms with van der Waals surface area (Å²) in [4.78, 5) is 0. The van der Waals surface area contributed by atoms with E-state index in [4.69, 9.17) is 13.3 Å². The average Bonchev–Trinajstić information content (AvgIpc) is 2.05. The van der Waals surface area contributed by atoms with Crippen molar-refractivity contribution in [1.29, 1.82) is 0 Å². The topological polar surface area (TPSA) is 60.4 Å². The molecule has 1 N–H and O–H groups in total. The van der Waals surface area contributed by atoms with Crippen molar-refractivity contribution < 1.29 is 13.3 Å². The number of rotatable bonds is 1. The maximum atomic E-state index is 8.56. The molecule has 1 atom stereocenters. The van der Waals surface area contributed by atoms with Crippen molar-refractivity contribution in [2.45, 2.75) is 19.8 Å². The first-order valence-corrected chi connectivity index (χ1v) is 4.90. The summed E-state index contributed by atoms with van der Waals surface area (Å²) in [5, 5.41) is 0. The van der Waals surface area contributed by atoms with Gasteiger partial charge in [-0.3, -0.25) is 0 Å². The molecular formula is C9H13O3S-. The highest BCUT2D eigenvalue weighted by atomic mass is 32.2. The van der Waals surface area contributed by atoms with Gasteiger partial charge < -0.3 is 9.11 Å². The van der Waals surface area contributed by atoms with Gasteiger partial charge in [0.15, 0.2) is 0 Å². The Morgan fingerprint density at radius 2 is 1.69 bits per heavy atom. The Labute approximate surface area is 80.9 Å². The van der Waals surface area contributed by atoms with Gasteiger partial charge in [0, 0.05) is 0 Å². The van der Waals surface area contributed by atoms with Crippen molar-refractivity contribution in [3.63, 3.8) is 0 Å². The molecule has 1 aromatic carbocycles. The van der Waals surface area contributed by atoms with E-state index in [2.05, 4.69) is 38.1 Å². The van der Waals surface area contributed by atoms with Crippen LogP contribution in [-0.2, 0) is 11.4 Å². The highest BCUT2D eigenvalue weighted by Gasteiger charge is 1.93. The van der Waals surface area contributed by atoms with E-state index in [1.54, 1.807) is 0 Å². The fourth-order valence-corrected chi connectivity index (χ4v) is 0.838. The van der Waals surface area contributed by atoms with Crippen LogP contribution in [0, 0.1) is 0 Å². The molecule has 0 aromatic heterocycles. The van der Waals surface area contributed by atoms with Crippen LogP contribution in [0.4, 0.5) is 0 Å². The van der Waals surface area contributed by atoms with Crippen LogP contribution in [0.1, 0.15) is 25.3 Å². The smallest absolute Gasteiger partial charge is 0.0814 e. The van der Waals surface area contributed by atoms with Gasteiger partial charge in [-0.15, -0.1) is 0 Å². The second-order valence-electron chi connectivity index (χ2n) is 2.78. The molecule has 0 aliphatic carbocycles. The molecule has 0 radical (unpaired) electrons. The Morgan fingerprint density at radius 3 is 1.92 bits per heavy atom. The van der Waals surface area contributed by atoms with Gasteiger partial charge in [0.2, 0.25) is 0 Å². The highest BCUT2D eigenvalue weighted by molar-refractivity contribution is 7.73. The zero-order valence-corrected chi connectivity index (χ0v) is 8.45. The molecule has 0 fully saturated rings. The summed E-state index contributed by atoms with van der Waals surface area (Å²) in [6.07, 6.45) is 0. The SMILES string of the molecule is CC(C)c1ccccc1.O=S([O-])O. The summed E-state index contributed by atoms with van der Waals surface area (Å²) in [6.45, 7) is 4.41. The van der Waals surface area contributed by atoms with Crippen LogP contribution < -0.4 is 0 Å². The van der Waals surface area contributed by atoms with Crippen LogP contribution in [0.2, 0.25) is 0 Å². The van der Waals surface area contributed by atoms with Crippen LogP contribution in [0.3, 0.4) is 0 Å². The van der Waals surface area contributed by atoms with E-state index >= 15 is 0 Å². The fraction of sp³-hybridized carbons (Fsp3) is 0.333. The lowest BCUT2D eigenvalue weighted by atomic mass is 10.0.